The second-order valence-electron chi connectivity index (χ2n) is 6.22. The molecule has 2 heterocycles. The van der Waals surface area contributed by atoms with Gasteiger partial charge in [-0.25, -0.2) is 4.79 Å². The molecule has 0 bridgehead atoms. The number of amides is 2. The molecule has 1 aromatic carbocycles. The normalized spacial score (nSPS) is 26.8. The number of urea groups is 1. The molecule has 6 heteroatoms. The summed E-state index contributed by atoms with van der Waals surface area (Å²) in [7, 11) is 0. The third kappa shape index (κ3) is 1.54. The van der Waals surface area contributed by atoms with Crippen molar-refractivity contribution < 1.29 is 9.53 Å². The number of carbonyl (C=O) groups excluding carboxylic acids is 1. The first kappa shape index (κ1) is 12.9. The number of hydrogen-bond donors (Lipinski definition) is 2. The number of ether oxygens (including phenoxy) is 1. The Morgan fingerprint density at radius 2 is 2.05 bits per heavy atom. The van der Waals surface area contributed by atoms with Crippen LogP contribution in [0, 0.1) is 0 Å². The minimum Gasteiger partial charge on any atom is -0.483 e. The molecule has 1 fully saturated rings. The van der Waals surface area contributed by atoms with Crippen LogP contribution in [-0.4, -0.2) is 35.3 Å². The lowest BCUT2D eigenvalue weighted by Gasteiger charge is -2.51. The second kappa shape index (κ2) is 3.71. The number of primary amides is 1. The predicted molar refractivity (Wildman–Crippen MR) is 77.6 cm³/mol. The quantitative estimate of drug-likeness (QED) is 0.701. The minimum absolute atomic E-state index is 0.344. The predicted octanol–water partition coefficient (Wildman–Crippen LogP) is 1.36. The summed E-state index contributed by atoms with van der Waals surface area (Å²) >= 11 is 0. The molecule has 0 aliphatic carbocycles. The van der Waals surface area contributed by atoms with Crippen LogP contribution in [0.25, 0.3) is 0 Å². The van der Waals surface area contributed by atoms with E-state index < -0.39 is 11.6 Å². The Morgan fingerprint density at radius 3 is 2.70 bits per heavy atom. The molecule has 1 saturated heterocycles. The van der Waals surface area contributed by atoms with Crippen molar-refractivity contribution in [3.63, 3.8) is 0 Å². The maximum Gasteiger partial charge on any atom is 0.316 e. The van der Waals surface area contributed by atoms with Crippen LogP contribution < -0.4 is 21.1 Å². The molecule has 20 heavy (non-hydrogen) atoms. The molecular formula is C14H20N4O2. The van der Waals surface area contributed by atoms with Crippen LogP contribution in [0.2, 0.25) is 0 Å². The van der Waals surface area contributed by atoms with Gasteiger partial charge in [-0.2, -0.15) is 0 Å². The molecular weight excluding hydrogens is 256 g/mol. The van der Waals surface area contributed by atoms with E-state index >= 15 is 0 Å². The molecule has 2 amide bonds. The molecule has 2 aliphatic rings. The van der Waals surface area contributed by atoms with Gasteiger partial charge in [-0.1, -0.05) is 0 Å². The van der Waals surface area contributed by atoms with Gasteiger partial charge in [0, 0.05) is 5.69 Å². The average Bonchev–Trinajstić information content (AvgIpc) is 2.71. The summed E-state index contributed by atoms with van der Waals surface area (Å²) < 4.78 is 6.14. The van der Waals surface area contributed by atoms with E-state index in [9.17, 15) is 4.79 Å². The lowest BCUT2D eigenvalue weighted by Crippen LogP contribution is -2.64. The van der Waals surface area contributed by atoms with Crippen LogP contribution in [0.5, 0.6) is 5.75 Å². The highest BCUT2D eigenvalue weighted by Crippen LogP contribution is 2.49. The topological polar surface area (TPSA) is 84.8 Å². The number of rotatable bonds is 0. The number of nitrogens with zero attached hydrogens (tertiary/aromatic N) is 2. The third-order valence-corrected chi connectivity index (χ3v) is 4.65. The van der Waals surface area contributed by atoms with Gasteiger partial charge < -0.3 is 26.0 Å². The van der Waals surface area contributed by atoms with E-state index in [4.69, 9.17) is 16.2 Å². The zero-order valence-electron chi connectivity index (χ0n) is 12.0. The number of nitrogens with two attached hydrogens (primary N) is 2. The fraction of sp³-hybridized carbons (Fsp3) is 0.500. The van der Waals surface area contributed by atoms with E-state index in [2.05, 4.69) is 11.8 Å². The summed E-state index contributed by atoms with van der Waals surface area (Å²) in [5, 5.41) is 0. The van der Waals surface area contributed by atoms with Crippen LogP contribution in [0.15, 0.2) is 18.2 Å². The molecule has 0 saturated carbocycles. The summed E-state index contributed by atoms with van der Waals surface area (Å²) in [6, 6.07) is 5.16. The van der Waals surface area contributed by atoms with Crippen molar-refractivity contribution in [3.8, 4) is 5.75 Å². The van der Waals surface area contributed by atoms with Crippen molar-refractivity contribution in [1.29, 1.82) is 0 Å². The number of nitrogen functional groups attached to an aromatic ring is 1. The lowest BCUT2D eigenvalue weighted by molar-refractivity contribution is 0.0244. The van der Waals surface area contributed by atoms with Gasteiger partial charge in [0.2, 0.25) is 0 Å². The molecule has 2 aliphatic heterocycles. The Bertz CT molecular complexity index is 587. The molecule has 0 aromatic heterocycles. The summed E-state index contributed by atoms with van der Waals surface area (Å²) in [4.78, 5) is 15.3. The first-order valence-corrected chi connectivity index (χ1v) is 6.65. The van der Waals surface area contributed by atoms with E-state index in [1.54, 1.807) is 4.90 Å². The molecule has 4 N–H and O–H groups in total. The third-order valence-electron chi connectivity index (χ3n) is 4.65. The van der Waals surface area contributed by atoms with Gasteiger partial charge in [-0.3, -0.25) is 0 Å². The summed E-state index contributed by atoms with van der Waals surface area (Å²) in [5.41, 5.74) is 12.1. The average molecular weight is 276 g/mol. The van der Waals surface area contributed by atoms with Crippen molar-refractivity contribution in [1.82, 2.24) is 4.90 Å². The van der Waals surface area contributed by atoms with Gasteiger partial charge in [0.25, 0.3) is 0 Å². The zero-order chi connectivity index (χ0) is 14.7. The number of fused-ring (bicyclic) bond motifs is 3. The second-order valence-corrected chi connectivity index (χ2v) is 6.22. The Labute approximate surface area is 118 Å². The van der Waals surface area contributed by atoms with E-state index in [-0.39, 0.29) is 5.54 Å². The van der Waals surface area contributed by atoms with E-state index in [1.165, 1.54) is 0 Å². The van der Waals surface area contributed by atoms with Crippen molar-refractivity contribution in [2.45, 2.75) is 31.9 Å². The Balaban J connectivity index is 2.14. The fourth-order valence-electron chi connectivity index (χ4n) is 3.06. The van der Waals surface area contributed by atoms with Gasteiger partial charge in [-0.15, -0.1) is 0 Å². The van der Waals surface area contributed by atoms with Gasteiger partial charge in [0.05, 0.1) is 24.4 Å². The number of anilines is 2. The maximum atomic E-state index is 11.5. The van der Waals surface area contributed by atoms with Crippen LogP contribution in [-0.2, 0) is 0 Å². The largest absolute Gasteiger partial charge is 0.483 e. The highest BCUT2D eigenvalue weighted by atomic mass is 16.5. The first-order chi connectivity index (χ1) is 9.24. The monoisotopic (exact) mass is 276 g/mol. The van der Waals surface area contributed by atoms with Crippen molar-refractivity contribution >= 4 is 17.4 Å². The Kier molecular flexibility index (Phi) is 2.39. The molecule has 1 unspecified atom stereocenters. The molecule has 1 aromatic rings. The van der Waals surface area contributed by atoms with Crippen LogP contribution in [0.4, 0.5) is 16.2 Å². The van der Waals surface area contributed by atoms with E-state index in [0.29, 0.717) is 18.9 Å². The standard InChI is InChI=1S/C14H20N4O2/c1-13(2)14(3)7-17(12(16)19)8-18(14)10-6-9(15)4-5-11(10)20-13/h4-6H,7-8,15H2,1-3H3,(H2,16,19). The van der Waals surface area contributed by atoms with Crippen molar-refractivity contribution in [3.05, 3.63) is 18.2 Å². The molecule has 1 atom stereocenters. The van der Waals surface area contributed by atoms with E-state index in [1.807, 2.05) is 32.0 Å². The van der Waals surface area contributed by atoms with Gasteiger partial charge >= 0.3 is 6.03 Å². The summed E-state index contributed by atoms with van der Waals surface area (Å²) in [6.45, 7) is 7.13. The summed E-state index contributed by atoms with van der Waals surface area (Å²) in [5.74, 6) is 0.785. The van der Waals surface area contributed by atoms with Crippen LogP contribution in [0.3, 0.4) is 0 Å². The molecule has 3 rings (SSSR count). The highest BCUT2D eigenvalue weighted by Gasteiger charge is 2.57. The minimum atomic E-state index is -0.444. The van der Waals surface area contributed by atoms with Gasteiger partial charge in [0.1, 0.15) is 11.4 Å². The number of hydrogen-bond acceptors (Lipinski definition) is 4. The van der Waals surface area contributed by atoms with Crippen LogP contribution in [0.1, 0.15) is 20.8 Å². The molecule has 108 valence electrons. The van der Waals surface area contributed by atoms with Gasteiger partial charge in [-0.05, 0) is 39.0 Å². The first-order valence-electron chi connectivity index (χ1n) is 6.65. The smallest absolute Gasteiger partial charge is 0.316 e. The Morgan fingerprint density at radius 1 is 1.35 bits per heavy atom. The lowest BCUT2D eigenvalue weighted by atomic mass is 9.81. The van der Waals surface area contributed by atoms with E-state index in [0.717, 1.165) is 11.4 Å². The fourth-order valence-corrected chi connectivity index (χ4v) is 3.06. The van der Waals surface area contributed by atoms with Crippen molar-refractivity contribution in [2.24, 2.45) is 5.73 Å². The van der Waals surface area contributed by atoms with Crippen LogP contribution >= 0.6 is 0 Å². The molecule has 0 spiro atoms. The molecule has 6 nitrogen and oxygen atoms in total. The number of carbonyl (C=O) groups is 1. The summed E-state index contributed by atoms with van der Waals surface area (Å²) in [6.07, 6.45) is 0. The Hall–Kier alpha value is -2.11. The highest BCUT2D eigenvalue weighted by molar-refractivity contribution is 5.76. The molecule has 0 radical (unpaired) electrons. The van der Waals surface area contributed by atoms with Crippen molar-refractivity contribution in [2.75, 3.05) is 23.8 Å². The van der Waals surface area contributed by atoms with Gasteiger partial charge in [0.15, 0.2) is 0 Å². The maximum absolute atomic E-state index is 11.5. The zero-order valence-corrected chi connectivity index (χ0v) is 12.0. The SMILES string of the molecule is CC1(C)Oc2ccc(N)cc2N2CN(C(N)=O)CC21C. The number of benzene rings is 1.